The first-order valence-electron chi connectivity index (χ1n) is 8.61. The molecule has 1 N–H and O–H groups in total. The van der Waals surface area contributed by atoms with Crippen LogP contribution in [0.1, 0.15) is 30.8 Å². The largest absolute Gasteiger partial charge is 0.323 e. The first-order valence-corrected chi connectivity index (χ1v) is 10.2. The number of rotatable bonds is 5. The van der Waals surface area contributed by atoms with Crippen molar-refractivity contribution in [3.05, 3.63) is 47.3 Å². The summed E-state index contributed by atoms with van der Waals surface area (Å²) in [6.07, 6.45) is 0.963. The molecule has 1 aromatic carbocycles. The second-order valence-electron chi connectivity index (χ2n) is 6.23. The number of para-hydroxylation sites is 1. The second kappa shape index (κ2) is 7.03. The third-order valence-electron chi connectivity index (χ3n) is 4.48. The Hall–Kier alpha value is -2.48. The summed E-state index contributed by atoms with van der Waals surface area (Å²) in [5, 5.41) is 11.0. The molecule has 0 spiro atoms. The van der Waals surface area contributed by atoms with E-state index in [1.807, 2.05) is 19.1 Å². The number of carbonyl (C=O) groups excluding carboxylic acids is 1. The molecule has 0 radical (unpaired) electrons. The number of aryl methyl sites for hydroxylation is 2. The van der Waals surface area contributed by atoms with Crippen LogP contribution in [0.4, 0.5) is 11.4 Å². The zero-order valence-corrected chi connectivity index (χ0v) is 15.9. The van der Waals surface area contributed by atoms with E-state index in [9.17, 15) is 13.2 Å². The van der Waals surface area contributed by atoms with E-state index >= 15 is 0 Å². The molecule has 2 aromatic rings. The third-order valence-corrected chi connectivity index (χ3v) is 6.26. The molecule has 0 bridgehead atoms. The maximum Gasteiger partial charge on any atom is 0.248 e. The van der Waals surface area contributed by atoms with Gasteiger partial charge in [0.05, 0.1) is 28.5 Å². The lowest BCUT2D eigenvalue weighted by atomic mass is 10.1. The lowest BCUT2D eigenvalue weighted by Gasteiger charge is -2.26. The number of carbonyl (C=O) groups is 1. The summed E-state index contributed by atoms with van der Waals surface area (Å²) in [7, 11) is -3.58. The van der Waals surface area contributed by atoms with Crippen molar-refractivity contribution < 1.29 is 13.2 Å². The van der Waals surface area contributed by atoms with E-state index in [4.69, 9.17) is 0 Å². The van der Waals surface area contributed by atoms with Gasteiger partial charge in [-0.2, -0.15) is 10.2 Å². The van der Waals surface area contributed by atoms with E-state index in [2.05, 4.69) is 15.5 Å². The van der Waals surface area contributed by atoms with Crippen LogP contribution in [0.25, 0.3) is 0 Å². The summed E-state index contributed by atoms with van der Waals surface area (Å²) in [5.74, 6) is -0.429. The lowest BCUT2D eigenvalue weighted by molar-refractivity contribution is -0.117. The SMILES string of the molecule is CCc1nnc(C)cc1NC(=O)C1Cc2ccccc2N1S(=O)(=O)CC. The molecule has 138 valence electrons. The van der Waals surface area contributed by atoms with Gasteiger partial charge in [0.2, 0.25) is 15.9 Å². The minimum absolute atomic E-state index is 0.0682. The van der Waals surface area contributed by atoms with Gasteiger partial charge in [-0.3, -0.25) is 9.10 Å². The first kappa shape index (κ1) is 18.3. The Morgan fingerprint density at radius 1 is 1.27 bits per heavy atom. The molecule has 0 aliphatic carbocycles. The molecule has 0 saturated heterocycles. The smallest absolute Gasteiger partial charge is 0.248 e. The Labute approximate surface area is 153 Å². The van der Waals surface area contributed by atoms with E-state index in [1.165, 1.54) is 4.31 Å². The van der Waals surface area contributed by atoms with Crippen molar-refractivity contribution in [2.24, 2.45) is 0 Å². The predicted octanol–water partition coefficient (Wildman–Crippen LogP) is 2.07. The van der Waals surface area contributed by atoms with Gasteiger partial charge in [0.25, 0.3) is 0 Å². The highest BCUT2D eigenvalue weighted by Crippen LogP contribution is 2.35. The highest BCUT2D eigenvalue weighted by atomic mass is 32.2. The Balaban J connectivity index is 1.96. The molecule has 1 aliphatic heterocycles. The minimum Gasteiger partial charge on any atom is -0.323 e. The fraction of sp³-hybridized carbons (Fsp3) is 0.389. The highest BCUT2D eigenvalue weighted by molar-refractivity contribution is 7.92. The predicted molar refractivity (Wildman–Crippen MR) is 101 cm³/mol. The van der Waals surface area contributed by atoms with Gasteiger partial charge in [0, 0.05) is 6.42 Å². The van der Waals surface area contributed by atoms with Crippen molar-refractivity contribution in [2.75, 3.05) is 15.4 Å². The lowest BCUT2D eigenvalue weighted by Crippen LogP contribution is -2.46. The van der Waals surface area contributed by atoms with Gasteiger partial charge in [-0.25, -0.2) is 8.42 Å². The van der Waals surface area contributed by atoms with Gasteiger partial charge in [-0.15, -0.1) is 0 Å². The van der Waals surface area contributed by atoms with Crippen molar-refractivity contribution in [3.63, 3.8) is 0 Å². The molecule has 7 nitrogen and oxygen atoms in total. The van der Waals surface area contributed by atoms with Crippen molar-refractivity contribution in [2.45, 2.75) is 39.7 Å². The Morgan fingerprint density at radius 3 is 2.69 bits per heavy atom. The van der Waals surface area contributed by atoms with E-state index in [1.54, 1.807) is 32.0 Å². The van der Waals surface area contributed by atoms with Crippen LogP contribution in [0.5, 0.6) is 0 Å². The Bertz CT molecular complexity index is 943. The number of anilines is 2. The summed E-state index contributed by atoms with van der Waals surface area (Å²) in [6.45, 7) is 5.30. The van der Waals surface area contributed by atoms with Crippen LogP contribution in [-0.4, -0.2) is 36.3 Å². The molecule has 1 atom stereocenters. The Kier molecular flexibility index (Phi) is 4.95. The monoisotopic (exact) mass is 374 g/mol. The van der Waals surface area contributed by atoms with Crippen LogP contribution >= 0.6 is 0 Å². The van der Waals surface area contributed by atoms with Crippen molar-refractivity contribution >= 4 is 27.3 Å². The summed E-state index contributed by atoms with van der Waals surface area (Å²) < 4.78 is 26.5. The van der Waals surface area contributed by atoms with Crippen LogP contribution in [0.15, 0.2) is 30.3 Å². The molecule has 26 heavy (non-hydrogen) atoms. The van der Waals surface area contributed by atoms with Gasteiger partial charge in [-0.05, 0) is 38.0 Å². The average molecular weight is 374 g/mol. The van der Waals surface area contributed by atoms with Gasteiger partial charge >= 0.3 is 0 Å². The number of amides is 1. The van der Waals surface area contributed by atoms with E-state index < -0.39 is 16.1 Å². The van der Waals surface area contributed by atoms with Gasteiger partial charge in [0.1, 0.15) is 6.04 Å². The number of benzene rings is 1. The van der Waals surface area contributed by atoms with Crippen LogP contribution in [0, 0.1) is 6.92 Å². The molecule has 2 heterocycles. The van der Waals surface area contributed by atoms with Crippen LogP contribution in [-0.2, 0) is 27.7 Å². The summed E-state index contributed by atoms with van der Waals surface area (Å²) in [4.78, 5) is 13.0. The van der Waals surface area contributed by atoms with Crippen molar-refractivity contribution in [3.8, 4) is 0 Å². The fourth-order valence-electron chi connectivity index (χ4n) is 3.14. The van der Waals surface area contributed by atoms with E-state index in [0.717, 1.165) is 5.56 Å². The van der Waals surface area contributed by atoms with Gasteiger partial charge in [-0.1, -0.05) is 25.1 Å². The summed E-state index contributed by atoms with van der Waals surface area (Å²) in [6, 6.07) is 8.17. The third kappa shape index (κ3) is 3.29. The van der Waals surface area contributed by atoms with Gasteiger partial charge in [0.15, 0.2) is 0 Å². The molecule has 3 rings (SSSR count). The summed E-state index contributed by atoms with van der Waals surface area (Å²) in [5.41, 5.74) is 3.36. The zero-order valence-electron chi connectivity index (χ0n) is 15.1. The van der Waals surface area contributed by atoms with E-state index in [0.29, 0.717) is 35.6 Å². The quantitative estimate of drug-likeness (QED) is 0.865. The minimum atomic E-state index is -3.58. The summed E-state index contributed by atoms with van der Waals surface area (Å²) >= 11 is 0. The zero-order chi connectivity index (χ0) is 18.9. The standard InChI is InChI=1S/C18H22N4O3S/c1-4-14-15(10-12(3)20-21-14)19-18(23)17-11-13-8-6-7-9-16(13)22(17)26(24,25)5-2/h6-10,17H,4-5,11H2,1-3H3,(H,19,20,23). The number of fused-ring (bicyclic) bond motifs is 1. The molecule has 0 saturated carbocycles. The maximum absolute atomic E-state index is 13.0. The fourth-order valence-corrected chi connectivity index (χ4v) is 4.45. The highest BCUT2D eigenvalue weighted by Gasteiger charge is 2.40. The topological polar surface area (TPSA) is 92.3 Å². The van der Waals surface area contributed by atoms with Crippen LogP contribution < -0.4 is 9.62 Å². The number of hydrogen-bond acceptors (Lipinski definition) is 5. The maximum atomic E-state index is 13.0. The van der Waals surface area contributed by atoms with Crippen LogP contribution in [0.3, 0.4) is 0 Å². The first-order chi connectivity index (χ1) is 12.4. The number of nitrogens with one attached hydrogen (secondary N) is 1. The molecule has 0 fully saturated rings. The molecular weight excluding hydrogens is 352 g/mol. The normalized spacial score (nSPS) is 16.4. The van der Waals surface area contributed by atoms with Crippen molar-refractivity contribution in [1.29, 1.82) is 0 Å². The molecule has 1 amide bonds. The molecule has 1 aliphatic rings. The Morgan fingerprint density at radius 2 is 2.00 bits per heavy atom. The molecule has 8 heteroatoms. The molecule has 1 aromatic heterocycles. The number of hydrogen-bond donors (Lipinski definition) is 1. The number of nitrogens with zero attached hydrogens (tertiary/aromatic N) is 3. The molecular formula is C18H22N4O3S. The van der Waals surface area contributed by atoms with Crippen molar-refractivity contribution in [1.82, 2.24) is 10.2 Å². The second-order valence-corrected chi connectivity index (χ2v) is 8.37. The van der Waals surface area contributed by atoms with Crippen LogP contribution in [0.2, 0.25) is 0 Å². The number of sulfonamides is 1. The average Bonchev–Trinajstić information content (AvgIpc) is 3.02. The number of aromatic nitrogens is 2. The van der Waals surface area contributed by atoms with E-state index in [-0.39, 0.29) is 11.7 Å². The van der Waals surface area contributed by atoms with Gasteiger partial charge < -0.3 is 5.32 Å². The molecule has 1 unspecified atom stereocenters.